The normalized spacial score (nSPS) is 14.9. The number of aryl methyl sites for hydroxylation is 1. The summed E-state index contributed by atoms with van der Waals surface area (Å²) in [5, 5.41) is 14.2. The maximum atomic E-state index is 13.4. The van der Waals surface area contributed by atoms with Crippen LogP contribution in [0.25, 0.3) is 22.0 Å². The molecule has 174 valence electrons. The molecule has 0 atom stereocenters. The highest BCUT2D eigenvalue weighted by atomic mass is 32.2. The van der Waals surface area contributed by atoms with Crippen LogP contribution in [-0.4, -0.2) is 49.2 Å². The smallest absolute Gasteiger partial charge is 0.243 e. The molecule has 1 fully saturated rings. The zero-order valence-corrected chi connectivity index (χ0v) is 19.8. The molecule has 7 nitrogen and oxygen atoms in total. The Morgan fingerprint density at radius 3 is 2.38 bits per heavy atom. The number of rotatable bonds is 6. The highest BCUT2D eigenvalue weighted by molar-refractivity contribution is 7.89. The summed E-state index contributed by atoms with van der Waals surface area (Å²) >= 11 is 0. The number of hydrogen-bond donors (Lipinski definition) is 1. The fourth-order valence-corrected chi connectivity index (χ4v) is 5.84. The van der Waals surface area contributed by atoms with Crippen molar-refractivity contribution in [3.8, 4) is 11.3 Å². The summed E-state index contributed by atoms with van der Waals surface area (Å²) in [7, 11) is -3.63. The molecule has 5 rings (SSSR count). The number of benzene rings is 3. The van der Waals surface area contributed by atoms with E-state index in [1.54, 1.807) is 6.07 Å². The van der Waals surface area contributed by atoms with E-state index in [0.29, 0.717) is 54.8 Å². The summed E-state index contributed by atoms with van der Waals surface area (Å²) < 4.78 is 33.5. The molecule has 0 spiro atoms. The number of fused-ring (bicyclic) bond motifs is 1. The van der Waals surface area contributed by atoms with Crippen LogP contribution in [0.5, 0.6) is 0 Å². The van der Waals surface area contributed by atoms with Crippen molar-refractivity contribution in [2.45, 2.75) is 18.4 Å². The van der Waals surface area contributed by atoms with Gasteiger partial charge in [0, 0.05) is 36.0 Å². The molecule has 1 aromatic heterocycles. The summed E-state index contributed by atoms with van der Waals surface area (Å²) in [5.74, 6) is 0.691. The zero-order valence-electron chi connectivity index (χ0n) is 18.9. The highest BCUT2D eigenvalue weighted by Gasteiger charge is 2.28. The van der Waals surface area contributed by atoms with Gasteiger partial charge in [-0.3, -0.25) is 0 Å². The molecule has 0 radical (unpaired) electrons. The number of sulfonamides is 1. The molecule has 1 aliphatic rings. The van der Waals surface area contributed by atoms with Crippen LogP contribution >= 0.6 is 0 Å². The van der Waals surface area contributed by atoms with Crippen molar-refractivity contribution in [2.75, 3.05) is 31.6 Å². The Balaban J connectivity index is 1.53. The number of hydrogen-bond acceptors (Lipinski definition) is 6. The van der Waals surface area contributed by atoms with Crippen LogP contribution in [0.2, 0.25) is 0 Å². The number of nitrogens with zero attached hydrogens (tertiary/aromatic N) is 3. The molecule has 4 aromatic rings. The summed E-state index contributed by atoms with van der Waals surface area (Å²) in [6.45, 7) is 3.98. The molecule has 2 heterocycles. The van der Waals surface area contributed by atoms with Gasteiger partial charge in [0.1, 0.15) is 5.69 Å². The standard InChI is InChI=1S/C26H26N4O3S/c1-19-11-12-21(17-24(19)34(31,32)30-13-15-33-16-14-30)25-22-9-5-6-10-23(22)26(29-28-25)27-18-20-7-3-2-4-8-20/h2-12,17H,13-16,18H2,1H3,(H,27,29). The second-order valence-corrected chi connectivity index (χ2v) is 10.2. The quantitative estimate of drug-likeness (QED) is 0.450. The molecule has 0 saturated carbocycles. The molecule has 1 saturated heterocycles. The van der Waals surface area contributed by atoms with Gasteiger partial charge in [0.05, 0.1) is 18.1 Å². The second-order valence-electron chi connectivity index (χ2n) is 8.28. The molecular formula is C26H26N4O3S. The first-order valence-electron chi connectivity index (χ1n) is 11.3. The fraction of sp³-hybridized carbons (Fsp3) is 0.231. The Hall–Kier alpha value is -3.33. The first kappa shape index (κ1) is 22.5. The van der Waals surface area contributed by atoms with E-state index in [1.807, 2.05) is 61.5 Å². The SMILES string of the molecule is Cc1ccc(-c2nnc(NCc3ccccc3)c3ccccc23)cc1S(=O)(=O)N1CCOCC1. The Kier molecular flexibility index (Phi) is 6.28. The van der Waals surface area contributed by atoms with E-state index >= 15 is 0 Å². The fourth-order valence-electron chi connectivity index (χ4n) is 4.18. The summed E-state index contributed by atoms with van der Waals surface area (Å²) in [5.41, 5.74) is 3.22. The average molecular weight is 475 g/mol. The van der Waals surface area contributed by atoms with Crippen molar-refractivity contribution in [1.29, 1.82) is 0 Å². The Morgan fingerprint density at radius 1 is 0.912 bits per heavy atom. The lowest BCUT2D eigenvalue weighted by Gasteiger charge is -2.26. The number of aromatic nitrogens is 2. The number of morpholine rings is 1. The van der Waals surface area contributed by atoms with Crippen molar-refractivity contribution in [3.63, 3.8) is 0 Å². The topological polar surface area (TPSA) is 84.4 Å². The van der Waals surface area contributed by atoms with Gasteiger partial charge in [-0.2, -0.15) is 4.31 Å². The molecule has 1 aliphatic heterocycles. The van der Waals surface area contributed by atoms with Gasteiger partial charge < -0.3 is 10.1 Å². The number of anilines is 1. The average Bonchev–Trinajstić information content (AvgIpc) is 2.88. The van der Waals surface area contributed by atoms with Crippen molar-refractivity contribution in [2.24, 2.45) is 0 Å². The van der Waals surface area contributed by atoms with Crippen molar-refractivity contribution in [1.82, 2.24) is 14.5 Å². The van der Waals surface area contributed by atoms with Gasteiger partial charge in [-0.05, 0) is 24.1 Å². The molecule has 8 heteroatoms. The van der Waals surface area contributed by atoms with Crippen molar-refractivity contribution in [3.05, 3.63) is 83.9 Å². The van der Waals surface area contributed by atoms with Crippen LogP contribution in [-0.2, 0) is 21.3 Å². The van der Waals surface area contributed by atoms with E-state index in [2.05, 4.69) is 27.6 Å². The van der Waals surface area contributed by atoms with Gasteiger partial charge >= 0.3 is 0 Å². The maximum Gasteiger partial charge on any atom is 0.243 e. The van der Waals surface area contributed by atoms with Crippen LogP contribution in [0.1, 0.15) is 11.1 Å². The van der Waals surface area contributed by atoms with Gasteiger partial charge in [0.25, 0.3) is 0 Å². The third-order valence-corrected chi connectivity index (χ3v) is 8.08. The molecule has 0 aliphatic carbocycles. The van der Waals surface area contributed by atoms with Crippen LogP contribution in [0.4, 0.5) is 5.82 Å². The summed E-state index contributed by atoms with van der Waals surface area (Å²) in [6, 6.07) is 23.5. The van der Waals surface area contributed by atoms with Gasteiger partial charge in [-0.25, -0.2) is 8.42 Å². The van der Waals surface area contributed by atoms with Gasteiger partial charge in [-0.15, -0.1) is 10.2 Å². The number of ether oxygens (including phenoxy) is 1. The molecule has 1 N–H and O–H groups in total. The van der Waals surface area contributed by atoms with Gasteiger partial charge in [0.2, 0.25) is 10.0 Å². The third-order valence-electron chi connectivity index (χ3n) is 6.04. The van der Waals surface area contributed by atoms with E-state index in [1.165, 1.54) is 4.31 Å². The minimum Gasteiger partial charge on any atom is -0.379 e. The first-order chi connectivity index (χ1) is 16.5. The molecule has 0 bridgehead atoms. The van der Waals surface area contributed by atoms with Crippen molar-refractivity contribution < 1.29 is 13.2 Å². The summed E-state index contributed by atoms with van der Waals surface area (Å²) in [4.78, 5) is 0.295. The largest absolute Gasteiger partial charge is 0.379 e. The number of nitrogens with one attached hydrogen (secondary N) is 1. The van der Waals surface area contributed by atoms with Crippen LogP contribution in [0.15, 0.2) is 77.7 Å². The van der Waals surface area contributed by atoms with E-state index in [9.17, 15) is 8.42 Å². The van der Waals surface area contributed by atoms with Crippen molar-refractivity contribution >= 4 is 26.6 Å². The molecule has 0 amide bonds. The second kappa shape index (κ2) is 9.50. The Labute approximate surface area is 199 Å². The lowest BCUT2D eigenvalue weighted by Crippen LogP contribution is -2.40. The Morgan fingerprint density at radius 2 is 1.62 bits per heavy atom. The predicted molar refractivity (Wildman–Crippen MR) is 133 cm³/mol. The monoisotopic (exact) mass is 474 g/mol. The highest BCUT2D eigenvalue weighted by Crippen LogP contribution is 2.32. The van der Waals surface area contributed by atoms with E-state index in [4.69, 9.17) is 4.74 Å². The minimum atomic E-state index is -3.63. The van der Waals surface area contributed by atoms with Gasteiger partial charge in [-0.1, -0.05) is 66.7 Å². The van der Waals surface area contributed by atoms with Gasteiger partial charge in [0.15, 0.2) is 5.82 Å². The minimum absolute atomic E-state index is 0.295. The lowest BCUT2D eigenvalue weighted by atomic mass is 10.0. The van der Waals surface area contributed by atoms with Crippen LogP contribution in [0, 0.1) is 6.92 Å². The molecule has 3 aromatic carbocycles. The van der Waals surface area contributed by atoms with E-state index < -0.39 is 10.0 Å². The predicted octanol–water partition coefficient (Wildman–Crippen LogP) is 4.24. The summed E-state index contributed by atoms with van der Waals surface area (Å²) in [6.07, 6.45) is 0. The van der Waals surface area contributed by atoms with Crippen LogP contribution < -0.4 is 5.32 Å². The molecular weight excluding hydrogens is 448 g/mol. The third kappa shape index (κ3) is 4.40. The lowest BCUT2D eigenvalue weighted by molar-refractivity contribution is 0.0730. The van der Waals surface area contributed by atoms with Crippen LogP contribution in [0.3, 0.4) is 0 Å². The molecule has 34 heavy (non-hydrogen) atoms. The Bertz CT molecular complexity index is 1420. The van der Waals surface area contributed by atoms with E-state index in [0.717, 1.165) is 21.9 Å². The first-order valence-corrected chi connectivity index (χ1v) is 12.7. The van der Waals surface area contributed by atoms with E-state index in [-0.39, 0.29) is 0 Å². The maximum absolute atomic E-state index is 13.4. The zero-order chi connectivity index (χ0) is 23.5. The molecule has 0 unspecified atom stereocenters.